The van der Waals surface area contributed by atoms with Crippen LogP contribution in [0.4, 0.5) is 5.69 Å². The van der Waals surface area contributed by atoms with Crippen molar-refractivity contribution in [3.05, 3.63) is 24.3 Å². The van der Waals surface area contributed by atoms with Gasteiger partial charge in [-0.3, -0.25) is 9.59 Å². The van der Waals surface area contributed by atoms with Gasteiger partial charge in [0.2, 0.25) is 0 Å². The van der Waals surface area contributed by atoms with E-state index in [4.69, 9.17) is 4.74 Å². The molecule has 1 saturated heterocycles. The van der Waals surface area contributed by atoms with Gasteiger partial charge in [0.15, 0.2) is 0 Å². The Morgan fingerprint density at radius 2 is 2.00 bits per heavy atom. The van der Waals surface area contributed by atoms with Gasteiger partial charge in [0.05, 0.1) is 12.8 Å². The summed E-state index contributed by atoms with van der Waals surface area (Å²) in [6.45, 7) is 2.31. The van der Waals surface area contributed by atoms with Crippen LogP contribution in [0.1, 0.15) is 19.3 Å². The zero-order chi connectivity index (χ0) is 16.2. The van der Waals surface area contributed by atoms with Crippen molar-refractivity contribution >= 4 is 17.5 Å². The average Bonchev–Trinajstić information content (AvgIpc) is 3.26. The third-order valence-corrected chi connectivity index (χ3v) is 4.38. The Morgan fingerprint density at radius 3 is 2.74 bits per heavy atom. The minimum Gasteiger partial charge on any atom is -0.495 e. The number of amides is 2. The van der Waals surface area contributed by atoms with E-state index in [0.717, 1.165) is 43.8 Å². The van der Waals surface area contributed by atoms with Crippen molar-refractivity contribution in [2.75, 3.05) is 31.6 Å². The van der Waals surface area contributed by atoms with E-state index in [-0.39, 0.29) is 6.04 Å². The smallest absolute Gasteiger partial charge is 0.309 e. The Bertz CT molecular complexity index is 586. The summed E-state index contributed by atoms with van der Waals surface area (Å²) < 4.78 is 5.40. The lowest BCUT2D eigenvalue weighted by atomic mass is 10.1. The second-order valence-electron chi connectivity index (χ2n) is 6.23. The Hall–Kier alpha value is -2.24. The second-order valence-corrected chi connectivity index (χ2v) is 6.23. The van der Waals surface area contributed by atoms with Crippen LogP contribution in [0.15, 0.2) is 24.3 Å². The van der Waals surface area contributed by atoms with Gasteiger partial charge in [0.25, 0.3) is 0 Å². The summed E-state index contributed by atoms with van der Waals surface area (Å²) in [7, 11) is 1.67. The van der Waals surface area contributed by atoms with E-state index in [1.165, 1.54) is 0 Å². The Kier molecular flexibility index (Phi) is 4.69. The standard InChI is InChI=1S/C17H23N3O3/c1-23-15-5-3-2-4-14(15)20-9-8-12(11-20)10-18-16(21)17(22)19-13-6-7-13/h2-5,12-13H,6-11H2,1H3,(H,18,21)(H,19,22)/t12-/m0/s1. The SMILES string of the molecule is COc1ccccc1N1CC[C@@H](CNC(=O)C(=O)NC2CC2)C1. The number of carbonyl (C=O) groups is 2. The van der Waals surface area contributed by atoms with Gasteiger partial charge >= 0.3 is 11.8 Å². The number of anilines is 1. The van der Waals surface area contributed by atoms with E-state index in [9.17, 15) is 9.59 Å². The summed E-state index contributed by atoms with van der Waals surface area (Å²) in [6, 6.07) is 8.15. The molecule has 0 unspecified atom stereocenters. The van der Waals surface area contributed by atoms with E-state index in [2.05, 4.69) is 15.5 Å². The number of nitrogens with zero attached hydrogens (tertiary/aromatic N) is 1. The third-order valence-electron chi connectivity index (χ3n) is 4.38. The van der Waals surface area contributed by atoms with Crippen molar-refractivity contribution in [1.29, 1.82) is 0 Å². The highest BCUT2D eigenvalue weighted by Crippen LogP contribution is 2.31. The third kappa shape index (κ3) is 3.94. The first-order valence-corrected chi connectivity index (χ1v) is 8.14. The number of benzene rings is 1. The number of hydrogen-bond donors (Lipinski definition) is 2. The molecule has 6 nitrogen and oxygen atoms in total. The van der Waals surface area contributed by atoms with E-state index >= 15 is 0 Å². The van der Waals surface area contributed by atoms with E-state index in [0.29, 0.717) is 12.5 Å². The molecule has 1 aliphatic heterocycles. The lowest BCUT2D eigenvalue weighted by Gasteiger charge is -2.21. The first-order valence-electron chi connectivity index (χ1n) is 8.14. The molecular formula is C17H23N3O3. The number of ether oxygens (including phenoxy) is 1. The zero-order valence-electron chi connectivity index (χ0n) is 13.4. The predicted octanol–water partition coefficient (Wildman–Crippen LogP) is 0.916. The number of para-hydroxylation sites is 2. The molecule has 2 amide bonds. The van der Waals surface area contributed by atoms with Crippen molar-refractivity contribution in [3.8, 4) is 5.75 Å². The number of rotatable bonds is 5. The lowest BCUT2D eigenvalue weighted by molar-refractivity contribution is -0.139. The first kappa shape index (κ1) is 15.6. The molecule has 1 saturated carbocycles. The maximum absolute atomic E-state index is 11.8. The molecule has 1 aliphatic carbocycles. The molecule has 0 radical (unpaired) electrons. The molecule has 1 heterocycles. The molecule has 0 aromatic heterocycles. The van der Waals surface area contributed by atoms with E-state index < -0.39 is 11.8 Å². The van der Waals surface area contributed by atoms with Crippen molar-refractivity contribution in [2.45, 2.75) is 25.3 Å². The lowest BCUT2D eigenvalue weighted by Crippen LogP contribution is -2.42. The van der Waals surface area contributed by atoms with E-state index in [1.807, 2.05) is 24.3 Å². The van der Waals surface area contributed by atoms with Crippen LogP contribution in [0, 0.1) is 5.92 Å². The molecule has 0 bridgehead atoms. The second kappa shape index (κ2) is 6.89. The van der Waals surface area contributed by atoms with Crippen LogP contribution in [0.25, 0.3) is 0 Å². The van der Waals surface area contributed by atoms with Gasteiger partial charge in [-0.05, 0) is 37.3 Å². The molecule has 124 valence electrons. The van der Waals surface area contributed by atoms with Crippen LogP contribution in [-0.2, 0) is 9.59 Å². The molecule has 1 aromatic rings. The molecule has 2 N–H and O–H groups in total. The van der Waals surface area contributed by atoms with Crippen molar-refractivity contribution < 1.29 is 14.3 Å². The Morgan fingerprint density at radius 1 is 1.22 bits per heavy atom. The van der Waals surface area contributed by atoms with Gasteiger partial charge in [-0.15, -0.1) is 0 Å². The minimum absolute atomic E-state index is 0.209. The van der Waals surface area contributed by atoms with Crippen LogP contribution in [0.5, 0.6) is 5.75 Å². The zero-order valence-corrected chi connectivity index (χ0v) is 13.4. The fraction of sp³-hybridized carbons (Fsp3) is 0.529. The number of nitrogens with one attached hydrogen (secondary N) is 2. The highest BCUT2D eigenvalue weighted by Gasteiger charge is 2.28. The normalized spacial score (nSPS) is 20.2. The van der Waals surface area contributed by atoms with Crippen LogP contribution in [0.2, 0.25) is 0 Å². The highest BCUT2D eigenvalue weighted by molar-refractivity contribution is 6.35. The largest absolute Gasteiger partial charge is 0.495 e. The first-order chi connectivity index (χ1) is 11.2. The maximum atomic E-state index is 11.8. The average molecular weight is 317 g/mol. The fourth-order valence-corrected chi connectivity index (χ4v) is 2.91. The van der Waals surface area contributed by atoms with E-state index in [1.54, 1.807) is 7.11 Å². The minimum atomic E-state index is -0.521. The summed E-state index contributed by atoms with van der Waals surface area (Å²) in [5.41, 5.74) is 1.08. The van der Waals surface area contributed by atoms with Crippen LogP contribution >= 0.6 is 0 Å². The van der Waals surface area contributed by atoms with Gasteiger partial charge in [-0.1, -0.05) is 12.1 Å². The van der Waals surface area contributed by atoms with Crippen LogP contribution in [-0.4, -0.2) is 44.6 Å². The van der Waals surface area contributed by atoms with Crippen molar-refractivity contribution in [1.82, 2.24) is 10.6 Å². The molecule has 1 aromatic carbocycles. The number of carbonyl (C=O) groups excluding carboxylic acids is 2. The van der Waals surface area contributed by atoms with Crippen molar-refractivity contribution in [3.63, 3.8) is 0 Å². The number of methoxy groups -OCH3 is 1. The number of hydrogen-bond acceptors (Lipinski definition) is 4. The summed E-state index contributed by atoms with van der Waals surface area (Å²) in [5, 5.41) is 5.45. The molecule has 1 atom stereocenters. The van der Waals surface area contributed by atoms with Gasteiger partial charge < -0.3 is 20.3 Å². The summed E-state index contributed by atoms with van der Waals surface area (Å²) in [4.78, 5) is 25.6. The molecule has 23 heavy (non-hydrogen) atoms. The highest BCUT2D eigenvalue weighted by atomic mass is 16.5. The van der Waals surface area contributed by atoms with Crippen LogP contribution in [0.3, 0.4) is 0 Å². The molecule has 2 fully saturated rings. The predicted molar refractivity (Wildman–Crippen MR) is 87.5 cm³/mol. The maximum Gasteiger partial charge on any atom is 0.309 e. The molecule has 3 rings (SSSR count). The summed E-state index contributed by atoms with van der Waals surface area (Å²) in [6.07, 6.45) is 2.95. The van der Waals surface area contributed by atoms with Crippen LogP contribution < -0.4 is 20.3 Å². The summed E-state index contributed by atoms with van der Waals surface area (Å²) >= 11 is 0. The quantitative estimate of drug-likeness (QED) is 0.792. The Labute approximate surface area is 136 Å². The Balaban J connectivity index is 1.48. The fourth-order valence-electron chi connectivity index (χ4n) is 2.91. The monoisotopic (exact) mass is 317 g/mol. The topological polar surface area (TPSA) is 70.7 Å². The van der Waals surface area contributed by atoms with Crippen molar-refractivity contribution in [2.24, 2.45) is 5.92 Å². The van der Waals surface area contributed by atoms with Gasteiger partial charge in [-0.25, -0.2) is 0 Å². The molecule has 0 spiro atoms. The summed E-state index contributed by atoms with van der Waals surface area (Å²) in [5.74, 6) is 0.179. The molecular weight excluding hydrogens is 294 g/mol. The molecule has 2 aliphatic rings. The molecule has 6 heteroatoms. The van der Waals surface area contributed by atoms with Gasteiger partial charge in [0, 0.05) is 25.7 Å². The van der Waals surface area contributed by atoms with Gasteiger partial charge in [-0.2, -0.15) is 0 Å². The van der Waals surface area contributed by atoms with Gasteiger partial charge in [0.1, 0.15) is 5.75 Å².